The number of hydrazine groups is 2. The van der Waals surface area contributed by atoms with Crippen LogP contribution in [0.4, 0.5) is 35.9 Å². The second kappa shape index (κ2) is 11.5. The maximum Gasteiger partial charge on any atom is 0.384 e. The van der Waals surface area contributed by atoms with Gasteiger partial charge in [0.25, 0.3) is 0 Å². The lowest BCUT2D eigenvalue weighted by Gasteiger charge is -2.35. The van der Waals surface area contributed by atoms with E-state index in [-0.39, 0.29) is 12.5 Å². The molecule has 1 aliphatic rings. The van der Waals surface area contributed by atoms with E-state index in [0.717, 1.165) is 22.7 Å². The molecular formula is C22H30F3N5OS2. The highest BCUT2D eigenvalue weighted by atomic mass is 32.1. The van der Waals surface area contributed by atoms with Crippen LogP contribution in [0.15, 0.2) is 48.5 Å². The van der Waals surface area contributed by atoms with Crippen molar-refractivity contribution in [2.45, 2.75) is 19.0 Å². The van der Waals surface area contributed by atoms with Gasteiger partial charge in [0.05, 0.1) is 29.4 Å². The zero-order valence-corrected chi connectivity index (χ0v) is 20.5. The Morgan fingerprint density at radius 2 is 1.64 bits per heavy atom. The van der Waals surface area contributed by atoms with E-state index < -0.39 is 12.8 Å². The molecule has 0 amide bonds. The van der Waals surface area contributed by atoms with Crippen molar-refractivity contribution in [1.29, 1.82) is 0 Å². The Morgan fingerprint density at radius 3 is 2.24 bits per heavy atom. The van der Waals surface area contributed by atoms with Crippen molar-refractivity contribution < 1.29 is 17.9 Å². The van der Waals surface area contributed by atoms with Crippen LogP contribution in [0.25, 0.3) is 0 Å². The summed E-state index contributed by atoms with van der Waals surface area (Å²) in [4.78, 5) is 2.20. The van der Waals surface area contributed by atoms with E-state index in [2.05, 4.69) is 40.7 Å². The summed E-state index contributed by atoms with van der Waals surface area (Å²) in [5.41, 5.74) is 6.95. The molecule has 0 aliphatic carbocycles. The summed E-state index contributed by atoms with van der Waals surface area (Å²) in [6.07, 6.45) is -2.32. The average Bonchev–Trinajstić information content (AvgIpc) is 2.83. The lowest BCUT2D eigenvalue weighted by molar-refractivity contribution is -0.252. The molecule has 0 unspecified atom stereocenters. The topological polar surface area (TPSA) is 34.2 Å². The van der Waals surface area contributed by atoms with Gasteiger partial charge >= 0.3 is 6.11 Å². The van der Waals surface area contributed by atoms with E-state index in [1.54, 1.807) is 8.83 Å². The minimum atomic E-state index is -3.69. The predicted octanol–water partition coefficient (Wildman–Crippen LogP) is 5.29. The van der Waals surface area contributed by atoms with Gasteiger partial charge in [-0.2, -0.15) is 8.78 Å². The van der Waals surface area contributed by atoms with Crippen molar-refractivity contribution >= 4 is 48.4 Å². The number of alkyl halides is 3. The Morgan fingerprint density at radius 1 is 1.03 bits per heavy atom. The molecule has 0 bridgehead atoms. The molecule has 0 atom stereocenters. The van der Waals surface area contributed by atoms with E-state index in [4.69, 9.17) is 0 Å². The van der Waals surface area contributed by atoms with Crippen LogP contribution in [-0.2, 0) is 4.74 Å². The lowest BCUT2D eigenvalue weighted by Crippen LogP contribution is -2.37. The Hall–Kier alpha value is -1.95. The number of benzene rings is 2. The van der Waals surface area contributed by atoms with Crippen LogP contribution in [0.1, 0.15) is 12.8 Å². The summed E-state index contributed by atoms with van der Waals surface area (Å²) < 4.78 is 46.1. The number of piperidine rings is 1. The third-order valence-corrected chi connectivity index (χ3v) is 6.40. The number of ether oxygens (including phenoxy) is 1. The molecule has 0 spiro atoms. The average molecular weight is 502 g/mol. The number of hydrogen-bond acceptors (Lipinski definition) is 8. The Labute approximate surface area is 204 Å². The van der Waals surface area contributed by atoms with Crippen LogP contribution in [0.3, 0.4) is 0 Å². The van der Waals surface area contributed by atoms with Gasteiger partial charge in [0, 0.05) is 27.2 Å². The van der Waals surface area contributed by atoms with Crippen molar-refractivity contribution in [2.24, 2.45) is 5.92 Å². The molecule has 2 aromatic rings. The summed E-state index contributed by atoms with van der Waals surface area (Å²) in [5, 5.41) is 1.85. The molecule has 1 heterocycles. The normalized spacial score (nSPS) is 15.1. The Bertz CT molecular complexity index is 883. The molecular weight excluding hydrogens is 471 g/mol. The van der Waals surface area contributed by atoms with Crippen molar-refractivity contribution in [3.05, 3.63) is 48.5 Å². The maximum absolute atomic E-state index is 13.0. The molecule has 1 saturated heterocycles. The fourth-order valence-corrected chi connectivity index (χ4v) is 3.97. The molecule has 0 aromatic heterocycles. The fourth-order valence-electron chi connectivity index (χ4n) is 3.60. The van der Waals surface area contributed by atoms with Gasteiger partial charge in [-0.15, -0.1) is 0 Å². The quantitative estimate of drug-likeness (QED) is 0.303. The van der Waals surface area contributed by atoms with Crippen LogP contribution in [-0.4, -0.2) is 51.6 Å². The number of para-hydroxylation sites is 2. The predicted molar refractivity (Wildman–Crippen MR) is 135 cm³/mol. The van der Waals surface area contributed by atoms with Gasteiger partial charge in [0.15, 0.2) is 6.67 Å². The minimum absolute atomic E-state index is 0.0211. The molecule has 0 radical (unpaired) electrons. The lowest BCUT2D eigenvalue weighted by atomic mass is 9.97. The first kappa shape index (κ1) is 25.7. The van der Waals surface area contributed by atoms with Crippen molar-refractivity contribution in [3.63, 3.8) is 0 Å². The van der Waals surface area contributed by atoms with E-state index in [1.165, 1.54) is 0 Å². The van der Waals surface area contributed by atoms with Crippen molar-refractivity contribution in [2.75, 3.05) is 59.6 Å². The first-order chi connectivity index (χ1) is 15.7. The van der Waals surface area contributed by atoms with Crippen LogP contribution >= 0.6 is 25.6 Å². The highest BCUT2D eigenvalue weighted by molar-refractivity contribution is 7.82. The van der Waals surface area contributed by atoms with Gasteiger partial charge in [-0.25, -0.2) is 13.8 Å². The van der Waals surface area contributed by atoms with Crippen molar-refractivity contribution in [1.82, 2.24) is 5.01 Å². The van der Waals surface area contributed by atoms with Gasteiger partial charge in [0.1, 0.15) is 0 Å². The van der Waals surface area contributed by atoms with Crippen LogP contribution < -0.4 is 19.2 Å². The first-order valence-corrected chi connectivity index (χ1v) is 11.4. The molecule has 0 saturated carbocycles. The molecule has 1 fully saturated rings. The second-order valence-electron chi connectivity index (χ2n) is 8.11. The third-order valence-electron chi connectivity index (χ3n) is 5.48. The molecule has 2 aromatic carbocycles. The summed E-state index contributed by atoms with van der Waals surface area (Å²) in [7, 11) is 3.80. The Balaban J connectivity index is 1.61. The van der Waals surface area contributed by atoms with E-state index in [0.29, 0.717) is 25.9 Å². The van der Waals surface area contributed by atoms with E-state index in [9.17, 15) is 13.2 Å². The molecule has 11 heteroatoms. The van der Waals surface area contributed by atoms with Crippen LogP contribution in [0, 0.1) is 5.92 Å². The zero-order chi connectivity index (χ0) is 24.0. The second-order valence-corrected chi connectivity index (χ2v) is 8.89. The molecule has 1 aliphatic heterocycles. The van der Waals surface area contributed by atoms with Gasteiger partial charge < -0.3 is 9.64 Å². The van der Waals surface area contributed by atoms with E-state index >= 15 is 0 Å². The highest BCUT2D eigenvalue weighted by Crippen LogP contribution is 2.32. The summed E-state index contributed by atoms with van der Waals surface area (Å²) >= 11 is 9.02. The molecule has 1 N–H and O–H groups in total. The summed E-state index contributed by atoms with van der Waals surface area (Å²) in [5.74, 6) is -0.0211. The maximum atomic E-state index is 13.0. The first-order valence-electron chi connectivity index (χ1n) is 10.6. The smallest absolute Gasteiger partial charge is 0.370 e. The fraction of sp³-hybridized carbons (Fsp3) is 0.455. The number of anilines is 4. The van der Waals surface area contributed by atoms with Gasteiger partial charge in [-0.3, -0.25) is 9.84 Å². The number of nitrogens with zero attached hydrogens (tertiary/aromatic N) is 4. The van der Waals surface area contributed by atoms with Gasteiger partial charge in [-0.05, 0) is 80.8 Å². The van der Waals surface area contributed by atoms with Crippen molar-refractivity contribution in [3.8, 4) is 0 Å². The zero-order valence-electron chi connectivity index (χ0n) is 18.7. The highest BCUT2D eigenvalue weighted by Gasteiger charge is 2.32. The molecule has 6 nitrogen and oxygen atoms in total. The van der Waals surface area contributed by atoms with Crippen LogP contribution in [0.2, 0.25) is 0 Å². The number of nitrogens with one attached hydrogen (secondary N) is 1. The monoisotopic (exact) mass is 501 g/mol. The van der Waals surface area contributed by atoms with Gasteiger partial charge in [0.2, 0.25) is 0 Å². The number of halogens is 3. The largest absolute Gasteiger partial charge is 0.384 e. The standard InChI is InChI=1S/C22H30F3N5OS2/c1-27(2)30(33)19-9-7-18(8-10-19)29(32)26-20-5-3-4-6-21(20)28-13-11-17(12-14-28)15-31-22(24,25)16-23/h3-10,17,26,32-33H,11-16H2,1-2H3. The number of hydrogen-bond donors (Lipinski definition) is 3. The number of thiol groups is 2. The van der Waals surface area contributed by atoms with E-state index in [1.807, 2.05) is 67.6 Å². The van der Waals surface area contributed by atoms with Crippen LogP contribution in [0.5, 0.6) is 0 Å². The summed E-state index contributed by atoms with van der Waals surface area (Å²) in [6, 6.07) is 15.6. The third kappa shape index (κ3) is 7.02. The Kier molecular flexibility index (Phi) is 8.91. The summed E-state index contributed by atoms with van der Waals surface area (Å²) in [6.45, 7) is -0.548. The molecule has 182 valence electrons. The van der Waals surface area contributed by atoms with Gasteiger partial charge in [-0.1, -0.05) is 12.1 Å². The molecule has 3 rings (SSSR count). The molecule has 33 heavy (non-hydrogen) atoms. The number of rotatable bonds is 10. The SMILES string of the molecule is CN(C)N(S)c1ccc(N(S)Nc2ccccc2N2CCC(COC(F)(F)CF)CC2)cc1. The minimum Gasteiger partial charge on any atom is -0.370 e.